The lowest BCUT2D eigenvalue weighted by Crippen LogP contribution is -2.50. The molecule has 2 aromatic heterocycles. The quantitative estimate of drug-likeness (QED) is 0.902. The summed E-state index contributed by atoms with van der Waals surface area (Å²) < 4.78 is 1.67. The zero-order chi connectivity index (χ0) is 14.4. The second kappa shape index (κ2) is 4.73. The number of hydrogen-bond donors (Lipinski definition) is 1. The first-order valence-electron chi connectivity index (χ1n) is 7.43. The highest BCUT2D eigenvalue weighted by atomic mass is 16.4. The average Bonchev–Trinajstić information content (AvgIpc) is 3.10. The van der Waals surface area contributed by atoms with E-state index in [1.54, 1.807) is 10.6 Å². The molecule has 6 heteroatoms. The molecule has 0 aromatic carbocycles. The number of aromatic nitrogens is 2. The zero-order valence-electron chi connectivity index (χ0n) is 11.8. The fraction of sp³-hybridized carbons (Fsp3) is 0.467. The third-order valence-electron chi connectivity index (χ3n) is 4.60. The summed E-state index contributed by atoms with van der Waals surface area (Å²) in [6.45, 7) is 3.90. The lowest BCUT2D eigenvalue weighted by atomic mass is 10.1. The smallest absolute Gasteiger partial charge is 0.356 e. The van der Waals surface area contributed by atoms with Crippen LogP contribution in [-0.2, 0) is 0 Å². The van der Waals surface area contributed by atoms with Gasteiger partial charge >= 0.3 is 5.97 Å². The Morgan fingerprint density at radius 2 is 2.19 bits per heavy atom. The molecule has 0 radical (unpaired) electrons. The van der Waals surface area contributed by atoms with Gasteiger partial charge in [-0.1, -0.05) is 6.07 Å². The molecule has 0 spiro atoms. The number of piperazine rings is 1. The van der Waals surface area contributed by atoms with Crippen molar-refractivity contribution in [3.8, 4) is 0 Å². The van der Waals surface area contributed by atoms with E-state index in [0.29, 0.717) is 17.5 Å². The van der Waals surface area contributed by atoms with Gasteiger partial charge in [0.1, 0.15) is 5.65 Å². The van der Waals surface area contributed by atoms with Gasteiger partial charge in [-0.15, -0.1) is 0 Å². The first kappa shape index (κ1) is 12.6. The van der Waals surface area contributed by atoms with E-state index in [9.17, 15) is 9.90 Å². The highest BCUT2D eigenvalue weighted by Gasteiger charge is 2.33. The second-order valence-electron chi connectivity index (χ2n) is 5.80. The summed E-state index contributed by atoms with van der Waals surface area (Å²) in [6.07, 6.45) is 4.21. The predicted molar refractivity (Wildman–Crippen MR) is 79.0 cm³/mol. The van der Waals surface area contributed by atoms with Crippen molar-refractivity contribution >= 4 is 17.4 Å². The van der Waals surface area contributed by atoms with Crippen molar-refractivity contribution in [3.63, 3.8) is 0 Å². The number of imidazole rings is 1. The van der Waals surface area contributed by atoms with Gasteiger partial charge < -0.3 is 10.0 Å². The molecule has 1 N–H and O–H groups in total. The van der Waals surface area contributed by atoms with Crippen LogP contribution in [0.1, 0.15) is 23.3 Å². The number of nitrogens with zero attached hydrogens (tertiary/aromatic N) is 4. The minimum atomic E-state index is -0.919. The summed E-state index contributed by atoms with van der Waals surface area (Å²) in [7, 11) is 0. The third kappa shape index (κ3) is 1.98. The maximum absolute atomic E-state index is 11.7. The van der Waals surface area contributed by atoms with Crippen molar-refractivity contribution in [1.29, 1.82) is 0 Å². The van der Waals surface area contributed by atoms with Gasteiger partial charge in [0.2, 0.25) is 0 Å². The van der Waals surface area contributed by atoms with Gasteiger partial charge in [0.15, 0.2) is 11.5 Å². The largest absolute Gasteiger partial charge is 0.476 e. The molecule has 2 saturated heterocycles. The lowest BCUT2D eigenvalue weighted by molar-refractivity contribution is 0.0689. The summed E-state index contributed by atoms with van der Waals surface area (Å²) in [5.74, 6) is -0.308. The molecule has 1 unspecified atom stereocenters. The van der Waals surface area contributed by atoms with E-state index >= 15 is 0 Å². The van der Waals surface area contributed by atoms with Crippen LogP contribution in [0.5, 0.6) is 0 Å². The molecule has 2 aliphatic rings. The van der Waals surface area contributed by atoms with E-state index in [4.69, 9.17) is 0 Å². The Labute approximate surface area is 122 Å². The molecule has 110 valence electrons. The molecule has 0 saturated carbocycles. The minimum absolute atomic E-state index is 0.275. The molecule has 4 rings (SSSR count). The fourth-order valence-electron chi connectivity index (χ4n) is 3.59. The Morgan fingerprint density at radius 1 is 1.29 bits per heavy atom. The summed E-state index contributed by atoms with van der Waals surface area (Å²) in [5, 5.41) is 9.57. The highest BCUT2D eigenvalue weighted by Crippen LogP contribution is 2.28. The number of hydrogen-bond acceptors (Lipinski definition) is 4. The van der Waals surface area contributed by atoms with Crippen LogP contribution < -0.4 is 4.90 Å². The van der Waals surface area contributed by atoms with Gasteiger partial charge in [-0.3, -0.25) is 9.30 Å². The Kier molecular flexibility index (Phi) is 2.85. The molecule has 0 bridgehead atoms. The number of carbonyl (C=O) groups is 1. The molecular formula is C15H18N4O2. The van der Waals surface area contributed by atoms with Crippen LogP contribution >= 0.6 is 0 Å². The summed E-state index contributed by atoms with van der Waals surface area (Å²) >= 11 is 0. The Hall–Kier alpha value is -2.08. The standard InChI is InChI=1S/C15H18N4O2/c20-15(21)13-14(16-12-5-1-2-7-19(12)13)18-9-8-17-6-3-4-11(17)10-18/h1-2,5,7,11H,3-4,6,8-10H2,(H,20,21). The Bertz CT molecular complexity index is 696. The lowest BCUT2D eigenvalue weighted by Gasteiger charge is -2.37. The average molecular weight is 286 g/mol. The van der Waals surface area contributed by atoms with Crippen molar-refractivity contribution < 1.29 is 9.90 Å². The molecule has 6 nitrogen and oxygen atoms in total. The number of carboxylic acids is 1. The van der Waals surface area contributed by atoms with Gasteiger partial charge in [-0.05, 0) is 31.5 Å². The van der Waals surface area contributed by atoms with Crippen LogP contribution in [0.3, 0.4) is 0 Å². The molecule has 2 aliphatic heterocycles. The molecule has 2 aromatic rings. The van der Waals surface area contributed by atoms with Crippen molar-refractivity contribution in [1.82, 2.24) is 14.3 Å². The van der Waals surface area contributed by atoms with Crippen LogP contribution in [0.2, 0.25) is 0 Å². The van der Waals surface area contributed by atoms with Crippen molar-refractivity contribution in [2.75, 3.05) is 31.1 Å². The molecular weight excluding hydrogens is 268 g/mol. The number of fused-ring (bicyclic) bond motifs is 2. The van der Waals surface area contributed by atoms with E-state index in [1.807, 2.05) is 18.2 Å². The van der Waals surface area contributed by atoms with E-state index in [-0.39, 0.29) is 5.69 Å². The number of anilines is 1. The molecule has 1 atom stereocenters. The first-order chi connectivity index (χ1) is 10.2. The van der Waals surface area contributed by atoms with Crippen molar-refractivity contribution in [2.24, 2.45) is 0 Å². The summed E-state index contributed by atoms with van der Waals surface area (Å²) in [5.41, 5.74) is 0.968. The molecule has 2 fully saturated rings. The second-order valence-corrected chi connectivity index (χ2v) is 5.80. The third-order valence-corrected chi connectivity index (χ3v) is 4.60. The maximum atomic E-state index is 11.7. The van der Waals surface area contributed by atoms with E-state index < -0.39 is 5.97 Å². The Morgan fingerprint density at radius 3 is 3.05 bits per heavy atom. The summed E-state index contributed by atoms with van der Waals surface area (Å²) in [6, 6.07) is 6.11. The van der Waals surface area contributed by atoms with Crippen LogP contribution in [0, 0.1) is 0 Å². The number of rotatable bonds is 2. The number of carboxylic acid groups (broad SMARTS) is 1. The minimum Gasteiger partial charge on any atom is -0.476 e. The SMILES string of the molecule is O=C(O)c1c(N2CCN3CCCC3C2)nc2ccccn12. The normalized spacial score (nSPS) is 22.7. The van der Waals surface area contributed by atoms with E-state index in [0.717, 1.165) is 19.6 Å². The molecule has 0 aliphatic carbocycles. The first-order valence-corrected chi connectivity index (χ1v) is 7.43. The van der Waals surface area contributed by atoms with Gasteiger partial charge in [-0.25, -0.2) is 9.78 Å². The van der Waals surface area contributed by atoms with E-state index in [1.165, 1.54) is 19.4 Å². The zero-order valence-corrected chi connectivity index (χ0v) is 11.8. The monoisotopic (exact) mass is 286 g/mol. The fourth-order valence-corrected chi connectivity index (χ4v) is 3.59. The van der Waals surface area contributed by atoms with Crippen LogP contribution in [-0.4, -0.2) is 57.6 Å². The van der Waals surface area contributed by atoms with Gasteiger partial charge in [0.25, 0.3) is 0 Å². The van der Waals surface area contributed by atoms with Crippen LogP contribution in [0.15, 0.2) is 24.4 Å². The van der Waals surface area contributed by atoms with Gasteiger partial charge in [0, 0.05) is 31.9 Å². The van der Waals surface area contributed by atoms with Gasteiger partial charge in [-0.2, -0.15) is 0 Å². The highest BCUT2D eigenvalue weighted by molar-refractivity contribution is 5.93. The molecule has 4 heterocycles. The number of aromatic carboxylic acids is 1. The predicted octanol–water partition coefficient (Wildman–Crippen LogP) is 1.32. The topological polar surface area (TPSA) is 61.1 Å². The van der Waals surface area contributed by atoms with Crippen molar-refractivity contribution in [3.05, 3.63) is 30.1 Å². The maximum Gasteiger partial charge on any atom is 0.356 e. The molecule has 0 amide bonds. The van der Waals surface area contributed by atoms with Crippen molar-refractivity contribution in [2.45, 2.75) is 18.9 Å². The Balaban J connectivity index is 1.75. The van der Waals surface area contributed by atoms with Gasteiger partial charge in [0.05, 0.1) is 0 Å². The summed E-state index contributed by atoms with van der Waals surface area (Å²) in [4.78, 5) is 20.9. The molecule has 21 heavy (non-hydrogen) atoms. The van der Waals surface area contributed by atoms with Crippen LogP contribution in [0.25, 0.3) is 5.65 Å². The van der Waals surface area contributed by atoms with Crippen LogP contribution in [0.4, 0.5) is 5.82 Å². The number of pyridine rings is 1. The van der Waals surface area contributed by atoms with E-state index in [2.05, 4.69) is 14.8 Å².